The molecule has 3 aromatic heterocycles. The molecule has 0 aromatic carbocycles. The highest BCUT2D eigenvalue weighted by Crippen LogP contribution is 2.24. The van der Waals surface area contributed by atoms with E-state index in [9.17, 15) is 4.79 Å². The van der Waals surface area contributed by atoms with Gasteiger partial charge in [-0.05, 0) is 37.0 Å². The Kier molecular flexibility index (Phi) is 3.66. The van der Waals surface area contributed by atoms with Crippen LogP contribution in [0, 0.1) is 0 Å². The molecule has 0 unspecified atom stereocenters. The number of rotatable bonds is 4. The lowest BCUT2D eigenvalue weighted by Gasteiger charge is -2.06. The molecule has 0 fully saturated rings. The molecule has 108 valence electrons. The van der Waals surface area contributed by atoms with E-state index in [0.717, 1.165) is 22.7 Å². The Bertz CT molecular complexity index is 780. The van der Waals surface area contributed by atoms with Gasteiger partial charge in [-0.15, -0.1) is 0 Å². The largest absolute Gasteiger partial charge is 0.461 e. The van der Waals surface area contributed by atoms with Crippen LogP contribution in [0.5, 0.6) is 0 Å². The van der Waals surface area contributed by atoms with Gasteiger partial charge >= 0.3 is 5.97 Å². The molecule has 0 saturated heterocycles. The number of aromatic nitrogens is 4. The first-order chi connectivity index (χ1) is 10.2. The van der Waals surface area contributed by atoms with Gasteiger partial charge < -0.3 is 4.74 Å². The number of ether oxygens (including phenoxy) is 1. The number of esters is 1. The average Bonchev–Trinajstić information content (AvgIpc) is 3.15. The standard InChI is InChI=1S/C14H14N4O2S/c1-3-9-7-10(11-5-6-16-21-11)17-13-12(14(19)20-4-2)15-8-18(9)13/h5-8H,3-4H2,1-2H3. The number of carbonyl (C=O) groups is 1. The van der Waals surface area contributed by atoms with Gasteiger partial charge in [0.2, 0.25) is 0 Å². The number of aryl methyl sites for hydroxylation is 1. The van der Waals surface area contributed by atoms with Gasteiger partial charge in [0, 0.05) is 11.9 Å². The van der Waals surface area contributed by atoms with Gasteiger partial charge in [0.1, 0.15) is 6.33 Å². The third kappa shape index (κ3) is 2.40. The number of carbonyl (C=O) groups excluding carboxylic acids is 1. The normalized spacial score (nSPS) is 11.0. The predicted molar refractivity (Wildman–Crippen MR) is 79.4 cm³/mol. The van der Waals surface area contributed by atoms with Gasteiger partial charge in [0.05, 0.1) is 17.2 Å². The second kappa shape index (κ2) is 5.61. The highest BCUT2D eigenvalue weighted by Gasteiger charge is 2.18. The van der Waals surface area contributed by atoms with Crippen LogP contribution < -0.4 is 0 Å². The first-order valence-corrected chi connectivity index (χ1v) is 7.47. The quantitative estimate of drug-likeness (QED) is 0.693. The maximum Gasteiger partial charge on any atom is 0.360 e. The molecule has 21 heavy (non-hydrogen) atoms. The zero-order valence-corrected chi connectivity index (χ0v) is 12.6. The molecule has 0 aliphatic rings. The van der Waals surface area contributed by atoms with E-state index in [-0.39, 0.29) is 5.69 Å². The summed E-state index contributed by atoms with van der Waals surface area (Å²) in [6.45, 7) is 4.13. The van der Waals surface area contributed by atoms with Crippen molar-refractivity contribution in [1.29, 1.82) is 0 Å². The molecule has 0 N–H and O–H groups in total. The smallest absolute Gasteiger partial charge is 0.360 e. The fourth-order valence-electron chi connectivity index (χ4n) is 2.12. The third-order valence-electron chi connectivity index (χ3n) is 3.10. The van der Waals surface area contributed by atoms with Crippen molar-refractivity contribution in [3.8, 4) is 10.6 Å². The van der Waals surface area contributed by atoms with E-state index in [4.69, 9.17) is 4.74 Å². The van der Waals surface area contributed by atoms with Gasteiger partial charge in [-0.25, -0.2) is 19.1 Å². The molecular weight excluding hydrogens is 288 g/mol. The van der Waals surface area contributed by atoms with Crippen LogP contribution in [0.1, 0.15) is 30.0 Å². The van der Waals surface area contributed by atoms with Crippen molar-refractivity contribution in [3.05, 3.63) is 36.0 Å². The van der Waals surface area contributed by atoms with Crippen LogP contribution in [0.2, 0.25) is 0 Å². The zero-order valence-electron chi connectivity index (χ0n) is 11.7. The van der Waals surface area contributed by atoms with Crippen LogP contribution in [0.4, 0.5) is 0 Å². The van der Waals surface area contributed by atoms with Crippen molar-refractivity contribution >= 4 is 23.1 Å². The zero-order chi connectivity index (χ0) is 14.8. The molecule has 3 rings (SSSR count). The minimum Gasteiger partial charge on any atom is -0.461 e. The Morgan fingerprint density at radius 2 is 2.29 bits per heavy atom. The molecule has 3 aromatic rings. The minimum absolute atomic E-state index is 0.248. The third-order valence-corrected chi connectivity index (χ3v) is 3.87. The van der Waals surface area contributed by atoms with E-state index in [0.29, 0.717) is 12.3 Å². The van der Waals surface area contributed by atoms with Gasteiger partial charge in [0.25, 0.3) is 0 Å². The number of fused-ring (bicyclic) bond motifs is 1. The molecule has 0 radical (unpaired) electrons. The molecule has 0 aliphatic heterocycles. The lowest BCUT2D eigenvalue weighted by atomic mass is 10.2. The van der Waals surface area contributed by atoms with E-state index in [1.807, 2.05) is 16.5 Å². The fraction of sp³-hybridized carbons (Fsp3) is 0.286. The molecule has 3 heterocycles. The van der Waals surface area contributed by atoms with Crippen molar-refractivity contribution in [2.75, 3.05) is 6.61 Å². The molecule has 0 spiro atoms. The second-order valence-electron chi connectivity index (χ2n) is 4.37. The van der Waals surface area contributed by atoms with Gasteiger partial charge in [-0.2, -0.15) is 0 Å². The number of hydrogen-bond acceptors (Lipinski definition) is 6. The first-order valence-electron chi connectivity index (χ1n) is 6.69. The Labute approximate surface area is 125 Å². The lowest BCUT2D eigenvalue weighted by molar-refractivity contribution is 0.0522. The highest BCUT2D eigenvalue weighted by molar-refractivity contribution is 7.09. The first kappa shape index (κ1) is 13.7. The van der Waals surface area contributed by atoms with E-state index in [1.54, 1.807) is 19.4 Å². The van der Waals surface area contributed by atoms with Gasteiger partial charge in [-0.1, -0.05) is 6.92 Å². The summed E-state index contributed by atoms with van der Waals surface area (Å²) in [4.78, 5) is 21.6. The summed E-state index contributed by atoms with van der Waals surface area (Å²) in [5.41, 5.74) is 2.61. The average molecular weight is 302 g/mol. The Morgan fingerprint density at radius 1 is 1.43 bits per heavy atom. The number of nitrogens with zero attached hydrogens (tertiary/aromatic N) is 4. The van der Waals surface area contributed by atoms with Crippen LogP contribution in [0.3, 0.4) is 0 Å². The SMILES string of the molecule is CCOC(=O)c1ncn2c(CC)cc(-c3ccns3)nc12. The van der Waals surface area contributed by atoms with Gasteiger partial charge in [-0.3, -0.25) is 4.40 Å². The molecule has 0 amide bonds. The molecule has 0 atom stereocenters. The maximum absolute atomic E-state index is 12.0. The van der Waals surface area contributed by atoms with E-state index >= 15 is 0 Å². The van der Waals surface area contributed by atoms with Gasteiger partial charge in [0.15, 0.2) is 11.3 Å². The summed E-state index contributed by atoms with van der Waals surface area (Å²) in [6, 6.07) is 3.90. The summed E-state index contributed by atoms with van der Waals surface area (Å²) in [5, 5.41) is 0. The topological polar surface area (TPSA) is 69.4 Å². The van der Waals surface area contributed by atoms with E-state index in [1.165, 1.54) is 11.5 Å². The Hall–Kier alpha value is -2.28. The van der Waals surface area contributed by atoms with Crippen molar-refractivity contribution < 1.29 is 9.53 Å². The van der Waals surface area contributed by atoms with Crippen LogP contribution in [0.25, 0.3) is 16.2 Å². The summed E-state index contributed by atoms with van der Waals surface area (Å²) in [6.07, 6.45) is 4.16. The van der Waals surface area contributed by atoms with Crippen LogP contribution >= 0.6 is 11.5 Å². The van der Waals surface area contributed by atoms with Crippen molar-refractivity contribution in [2.45, 2.75) is 20.3 Å². The molecule has 0 saturated carbocycles. The predicted octanol–water partition coefficient (Wildman–Crippen LogP) is 2.59. The molecule has 0 aliphatic carbocycles. The molecule has 6 nitrogen and oxygen atoms in total. The van der Waals surface area contributed by atoms with Crippen molar-refractivity contribution in [1.82, 2.24) is 18.7 Å². The molecule has 0 bridgehead atoms. The Morgan fingerprint density at radius 3 is 2.95 bits per heavy atom. The Balaban J connectivity index is 2.20. The van der Waals surface area contributed by atoms with E-state index < -0.39 is 5.97 Å². The van der Waals surface area contributed by atoms with Crippen LogP contribution in [0.15, 0.2) is 24.7 Å². The number of hydrogen-bond donors (Lipinski definition) is 0. The second-order valence-corrected chi connectivity index (χ2v) is 5.20. The summed E-state index contributed by atoms with van der Waals surface area (Å²) < 4.78 is 11.0. The highest BCUT2D eigenvalue weighted by atomic mass is 32.1. The van der Waals surface area contributed by atoms with Crippen molar-refractivity contribution in [2.24, 2.45) is 0 Å². The summed E-state index contributed by atoms with van der Waals surface area (Å²) in [5.74, 6) is -0.448. The van der Waals surface area contributed by atoms with Crippen LogP contribution in [-0.4, -0.2) is 31.3 Å². The lowest BCUT2D eigenvalue weighted by Crippen LogP contribution is -2.07. The van der Waals surface area contributed by atoms with Crippen LogP contribution in [-0.2, 0) is 11.2 Å². The fourth-order valence-corrected chi connectivity index (χ4v) is 2.68. The molecular formula is C14H14N4O2S. The van der Waals surface area contributed by atoms with Crippen molar-refractivity contribution in [3.63, 3.8) is 0 Å². The number of imidazole rings is 1. The molecule has 7 heteroatoms. The summed E-state index contributed by atoms with van der Waals surface area (Å²) >= 11 is 1.37. The minimum atomic E-state index is -0.448. The monoisotopic (exact) mass is 302 g/mol. The summed E-state index contributed by atoms with van der Waals surface area (Å²) in [7, 11) is 0. The maximum atomic E-state index is 12.0. The van der Waals surface area contributed by atoms with E-state index in [2.05, 4.69) is 21.3 Å².